The summed E-state index contributed by atoms with van der Waals surface area (Å²) in [5, 5.41) is 0. The van der Waals surface area contributed by atoms with Gasteiger partial charge in [0, 0.05) is 31.2 Å². The van der Waals surface area contributed by atoms with Crippen molar-refractivity contribution in [3.63, 3.8) is 0 Å². The summed E-state index contributed by atoms with van der Waals surface area (Å²) in [6.45, 7) is 8.36. The lowest BCUT2D eigenvalue weighted by Crippen LogP contribution is -2.65. The lowest BCUT2D eigenvalue weighted by atomic mass is 9.92. The lowest BCUT2D eigenvalue weighted by molar-refractivity contribution is 0.0291. The Balaban J connectivity index is 2.08. The van der Waals surface area contributed by atoms with E-state index in [2.05, 4.69) is 36.8 Å². The molecule has 140 valence electrons. The van der Waals surface area contributed by atoms with E-state index in [1.54, 1.807) is 7.11 Å². The summed E-state index contributed by atoms with van der Waals surface area (Å²) in [5.41, 5.74) is 7.97. The largest absolute Gasteiger partial charge is 0.481 e. The number of primary amides is 1. The van der Waals surface area contributed by atoms with Crippen LogP contribution in [0.5, 0.6) is 5.88 Å². The average Bonchev–Trinajstić information content (AvgIpc) is 2.60. The number of amides is 1. The van der Waals surface area contributed by atoms with Crippen LogP contribution in [0.1, 0.15) is 33.6 Å². The zero-order chi connectivity index (χ0) is 18.9. The number of piperidine rings is 1. The molecule has 3 rings (SSSR count). The quantitative estimate of drug-likeness (QED) is 0.851. The Bertz CT molecular complexity index is 808. The maximum Gasteiger partial charge on any atom is 0.404 e. The molecule has 1 amide bonds. The Kier molecular flexibility index (Phi) is 4.75. The number of methoxy groups -OCH3 is 1. The van der Waals surface area contributed by atoms with Gasteiger partial charge in [0.2, 0.25) is 5.88 Å². The van der Waals surface area contributed by atoms with Crippen LogP contribution >= 0.6 is 0 Å². The van der Waals surface area contributed by atoms with Crippen molar-refractivity contribution in [2.75, 3.05) is 20.2 Å². The monoisotopic (exact) mass is 359 g/mol. The number of rotatable bonds is 3. The van der Waals surface area contributed by atoms with Crippen LogP contribution in [0.2, 0.25) is 0 Å². The van der Waals surface area contributed by atoms with Gasteiger partial charge >= 0.3 is 6.09 Å². The molecule has 0 radical (unpaired) electrons. The summed E-state index contributed by atoms with van der Waals surface area (Å²) in [5.74, 6) is 0.575. The Hall–Kier alpha value is -2.41. The number of pyridine rings is 2. The molecule has 1 aliphatic rings. The molecule has 0 spiro atoms. The van der Waals surface area contributed by atoms with Crippen LogP contribution in [0.15, 0.2) is 24.4 Å². The molecular weight excluding hydrogens is 332 g/mol. The van der Waals surface area contributed by atoms with Crippen LogP contribution in [0, 0.1) is 0 Å². The normalized spacial score (nSPS) is 23.6. The maximum absolute atomic E-state index is 11.1. The van der Waals surface area contributed by atoms with Crippen molar-refractivity contribution >= 4 is 22.8 Å². The number of fused-ring (bicyclic) bond motifs is 1. The lowest BCUT2D eigenvalue weighted by Gasteiger charge is -2.51. The molecule has 0 aliphatic carbocycles. The van der Waals surface area contributed by atoms with Crippen molar-refractivity contribution in [2.45, 2.75) is 45.3 Å². The molecule has 0 aromatic carbocycles. The van der Waals surface area contributed by atoms with Crippen molar-refractivity contribution in [1.82, 2.24) is 14.5 Å². The molecular formula is C19H27N4O3+. The molecule has 0 saturated carbocycles. The fourth-order valence-electron chi connectivity index (χ4n) is 3.99. The first-order valence-corrected chi connectivity index (χ1v) is 8.90. The molecule has 7 heteroatoms. The first-order chi connectivity index (χ1) is 12.3. The summed E-state index contributed by atoms with van der Waals surface area (Å²) >= 11 is 0. The van der Waals surface area contributed by atoms with Crippen LogP contribution in [-0.2, 0) is 4.74 Å². The molecule has 1 saturated heterocycles. The SMILES string of the molecule is COc1ccc2nccc([N+]3(C(C)(C)C)CCC(OC(N)=O)CC3)c2n1. The van der Waals surface area contributed by atoms with Gasteiger partial charge in [-0.3, -0.25) is 9.47 Å². The van der Waals surface area contributed by atoms with Crippen molar-refractivity contribution in [3.8, 4) is 5.88 Å². The van der Waals surface area contributed by atoms with Crippen LogP contribution in [0.25, 0.3) is 11.0 Å². The molecule has 0 unspecified atom stereocenters. The van der Waals surface area contributed by atoms with E-state index < -0.39 is 6.09 Å². The third-order valence-electron chi connectivity index (χ3n) is 5.44. The molecule has 3 heterocycles. The predicted octanol–water partition coefficient (Wildman–Crippen LogP) is 3.00. The van der Waals surface area contributed by atoms with Crippen molar-refractivity contribution in [3.05, 3.63) is 24.4 Å². The van der Waals surface area contributed by atoms with E-state index >= 15 is 0 Å². The number of carbonyl (C=O) groups excluding carboxylic acids is 1. The fourth-order valence-corrected chi connectivity index (χ4v) is 3.99. The van der Waals surface area contributed by atoms with Gasteiger partial charge in [-0.1, -0.05) is 0 Å². The van der Waals surface area contributed by atoms with Gasteiger partial charge in [-0.05, 0) is 26.8 Å². The van der Waals surface area contributed by atoms with Gasteiger partial charge in [0.05, 0.1) is 31.3 Å². The van der Waals surface area contributed by atoms with Gasteiger partial charge in [-0.15, -0.1) is 0 Å². The highest BCUT2D eigenvalue weighted by Gasteiger charge is 2.47. The van der Waals surface area contributed by atoms with E-state index in [9.17, 15) is 4.79 Å². The second-order valence-electron chi connectivity index (χ2n) is 7.77. The number of quaternary nitrogens is 1. The third-order valence-corrected chi connectivity index (χ3v) is 5.44. The molecule has 2 aromatic rings. The number of likely N-dealkylation sites (tertiary alicyclic amines) is 1. The topological polar surface area (TPSA) is 87.3 Å². The predicted molar refractivity (Wildman–Crippen MR) is 101 cm³/mol. The van der Waals surface area contributed by atoms with Crippen LogP contribution in [0.4, 0.5) is 10.5 Å². The van der Waals surface area contributed by atoms with E-state index in [-0.39, 0.29) is 11.6 Å². The first-order valence-electron chi connectivity index (χ1n) is 8.90. The zero-order valence-electron chi connectivity index (χ0n) is 15.9. The number of hydrogen-bond donors (Lipinski definition) is 1. The molecule has 26 heavy (non-hydrogen) atoms. The van der Waals surface area contributed by atoms with E-state index in [0.29, 0.717) is 5.88 Å². The molecule has 2 aromatic heterocycles. The number of nitrogens with two attached hydrogens (primary N) is 1. The molecule has 7 nitrogen and oxygen atoms in total. The smallest absolute Gasteiger partial charge is 0.404 e. The van der Waals surface area contributed by atoms with E-state index in [1.165, 1.54) is 0 Å². The van der Waals surface area contributed by atoms with Gasteiger partial charge in [-0.25, -0.2) is 9.78 Å². The van der Waals surface area contributed by atoms with Gasteiger partial charge < -0.3 is 15.2 Å². The summed E-state index contributed by atoms with van der Waals surface area (Å²) < 4.78 is 11.3. The standard InChI is InChI=1S/C19H26N4O3/c1-19(2,3)23(11-8-13(9-12-23)26-18(20)24)15-7-10-21-14-5-6-16(25-4)22-17(14)15/h5-7,10,13H,8-9,11-12H2,1-4H3,(H-,20,24)/p+1. The highest BCUT2D eigenvalue weighted by atomic mass is 16.6. The van der Waals surface area contributed by atoms with Crippen LogP contribution in [0.3, 0.4) is 0 Å². The number of hydrogen-bond acceptors (Lipinski definition) is 5. The molecule has 0 atom stereocenters. The van der Waals surface area contributed by atoms with Crippen molar-refractivity contribution in [1.29, 1.82) is 0 Å². The van der Waals surface area contributed by atoms with E-state index in [1.807, 2.05) is 18.3 Å². The molecule has 0 bridgehead atoms. The van der Waals surface area contributed by atoms with Gasteiger partial charge in [0.25, 0.3) is 0 Å². The second kappa shape index (κ2) is 6.72. The average molecular weight is 359 g/mol. The number of carbonyl (C=O) groups is 1. The van der Waals surface area contributed by atoms with Crippen molar-refractivity contribution in [2.24, 2.45) is 5.73 Å². The van der Waals surface area contributed by atoms with Crippen molar-refractivity contribution < 1.29 is 14.3 Å². The maximum atomic E-state index is 11.1. The Morgan fingerprint density at radius 1 is 1.23 bits per heavy atom. The third kappa shape index (κ3) is 3.19. The minimum Gasteiger partial charge on any atom is -0.481 e. The summed E-state index contributed by atoms with van der Waals surface area (Å²) in [7, 11) is 1.62. The Morgan fingerprint density at radius 3 is 2.50 bits per heavy atom. The van der Waals surface area contributed by atoms with Gasteiger partial charge in [0.1, 0.15) is 6.10 Å². The summed E-state index contributed by atoms with van der Waals surface area (Å²) in [6, 6.07) is 5.82. The van der Waals surface area contributed by atoms with Crippen LogP contribution in [-0.4, -0.2) is 47.9 Å². The van der Waals surface area contributed by atoms with E-state index in [4.69, 9.17) is 15.2 Å². The highest BCUT2D eigenvalue weighted by Crippen LogP contribution is 2.40. The first kappa shape index (κ1) is 18.4. The fraction of sp³-hybridized carbons (Fsp3) is 0.526. The number of aromatic nitrogens is 2. The Labute approximate surface area is 153 Å². The minimum atomic E-state index is -0.702. The Morgan fingerprint density at radius 2 is 1.92 bits per heavy atom. The summed E-state index contributed by atoms with van der Waals surface area (Å²) in [6.07, 6.45) is 2.52. The molecule has 2 N–H and O–H groups in total. The number of ether oxygens (including phenoxy) is 2. The van der Waals surface area contributed by atoms with Gasteiger partial charge in [-0.2, -0.15) is 0 Å². The van der Waals surface area contributed by atoms with Gasteiger partial charge in [0.15, 0.2) is 11.2 Å². The van der Waals surface area contributed by atoms with E-state index in [0.717, 1.165) is 47.1 Å². The molecule has 1 aliphatic heterocycles. The second-order valence-corrected chi connectivity index (χ2v) is 7.77. The zero-order valence-corrected chi connectivity index (χ0v) is 15.9. The van der Waals surface area contributed by atoms with Crippen LogP contribution < -0.4 is 15.0 Å². The minimum absolute atomic E-state index is 0.0588. The number of nitrogens with zero attached hydrogens (tertiary/aromatic N) is 3. The summed E-state index contributed by atoms with van der Waals surface area (Å²) in [4.78, 5) is 20.3. The highest BCUT2D eigenvalue weighted by molar-refractivity contribution is 5.87. The molecule has 1 fully saturated rings.